The van der Waals surface area contributed by atoms with Crippen LogP contribution in [0.2, 0.25) is 0 Å². The highest BCUT2D eigenvalue weighted by molar-refractivity contribution is 7.91. The molecule has 1 atom stereocenters. The molecule has 17 heavy (non-hydrogen) atoms. The predicted octanol–water partition coefficient (Wildman–Crippen LogP) is 1.81. The van der Waals surface area contributed by atoms with E-state index < -0.39 is 9.84 Å². The van der Waals surface area contributed by atoms with E-state index in [1.54, 1.807) is 6.07 Å². The highest BCUT2D eigenvalue weighted by Crippen LogP contribution is 2.33. The van der Waals surface area contributed by atoms with Gasteiger partial charge in [0.25, 0.3) is 0 Å². The van der Waals surface area contributed by atoms with Crippen LogP contribution in [0.5, 0.6) is 0 Å². The largest absolute Gasteiger partial charge is 0.327 e. The predicted molar refractivity (Wildman–Crippen MR) is 68.7 cm³/mol. The quantitative estimate of drug-likeness (QED) is 0.890. The maximum absolute atomic E-state index is 12.3. The van der Waals surface area contributed by atoms with Crippen LogP contribution in [0.3, 0.4) is 0 Å². The highest BCUT2D eigenvalue weighted by atomic mass is 32.2. The number of hydrogen-bond donors (Lipinski definition) is 1. The minimum absolute atomic E-state index is 0.0714. The summed E-state index contributed by atoms with van der Waals surface area (Å²) in [4.78, 5) is 0.439. The summed E-state index contributed by atoms with van der Waals surface area (Å²) in [7, 11) is -3.24. The van der Waals surface area contributed by atoms with Gasteiger partial charge in [-0.3, -0.25) is 0 Å². The van der Waals surface area contributed by atoms with Gasteiger partial charge in [0.05, 0.1) is 10.6 Å². The molecule has 2 N–H and O–H groups in total. The molecule has 0 bridgehead atoms. The molecule has 1 aliphatic carbocycles. The Morgan fingerprint density at radius 2 is 2.00 bits per heavy atom. The third-order valence-corrected chi connectivity index (χ3v) is 5.25. The van der Waals surface area contributed by atoms with Crippen molar-refractivity contribution in [1.82, 2.24) is 0 Å². The number of rotatable bonds is 4. The van der Waals surface area contributed by atoms with Crippen molar-refractivity contribution in [3.63, 3.8) is 0 Å². The van der Waals surface area contributed by atoms with E-state index in [0.717, 1.165) is 24.0 Å². The van der Waals surface area contributed by atoms with Gasteiger partial charge in [0, 0.05) is 6.04 Å². The summed E-state index contributed by atoms with van der Waals surface area (Å²) in [5.74, 6) is 0.483. The van der Waals surface area contributed by atoms with E-state index >= 15 is 0 Å². The lowest BCUT2D eigenvalue weighted by Crippen LogP contribution is -2.31. The number of aryl methyl sites for hydroxylation is 2. The molecule has 1 fully saturated rings. The van der Waals surface area contributed by atoms with Crippen LogP contribution < -0.4 is 5.73 Å². The van der Waals surface area contributed by atoms with Gasteiger partial charge < -0.3 is 5.73 Å². The van der Waals surface area contributed by atoms with Crippen LogP contribution in [0.1, 0.15) is 24.0 Å². The SMILES string of the molecule is Cc1ccc(C)c(S(=O)(=O)CC(N)C2CC2)c1. The first-order chi connectivity index (χ1) is 7.90. The molecule has 2 rings (SSSR count). The van der Waals surface area contributed by atoms with E-state index in [0.29, 0.717) is 10.8 Å². The second-order valence-corrected chi connectivity index (χ2v) is 7.05. The van der Waals surface area contributed by atoms with Crippen molar-refractivity contribution in [2.75, 3.05) is 5.75 Å². The number of benzene rings is 1. The Morgan fingerprint density at radius 1 is 1.35 bits per heavy atom. The van der Waals surface area contributed by atoms with Crippen molar-refractivity contribution in [1.29, 1.82) is 0 Å². The Morgan fingerprint density at radius 3 is 2.59 bits per heavy atom. The molecular formula is C13H19NO2S. The van der Waals surface area contributed by atoms with Gasteiger partial charge in [0.2, 0.25) is 0 Å². The van der Waals surface area contributed by atoms with Gasteiger partial charge in [-0.1, -0.05) is 12.1 Å². The van der Waals surface area contributed by atoms with Crippen LogP contribution in [-0.2, 0) is 9.84 Å². The van der Waals surface area contributed by atoms with Crippen molar-refractivity contribution in [3.05, 3.63) is 29.3 Å². The second-order valence-electron chi connectivity index (χ2n) is 5.05. The fourth-order valence-electron chi connectivity index (χ4n) is 2.05. The van der Waals surface area contributed by atoms with Gasteiger partial charge >= 0.3 is 0 Å². The zero-order valence-electron chi connectivity index (χ0n) is 10.3. The molecule has 1 aromatic rings. The molecule has 1 saturated carbocycles. The molecule has 3 nitrogen and oxygen atoms in total. The van der Waals surface area contributed by atoms with Gasteiger partial charge in [0.1, 0.15) is 0 Å². The first-order valence-corrected chi connectivity index (χ1v) is 7.61. The maximum Gasteiger partial charge on any atom is 0.180 e. The molecule has 0 aromatic heterocycles. The summed E-state index contributed by atoms with van der Waals surface area (Å²) in [5.41, 5.74) is 7.68. The molecule has 4 heteroatoms. The molecule has 94 valence electrons. The van der Waals surface area contributed by atoms with Gasteiger partial charge in [-0.05, 0) is 49.8 Å². The zero-order valence-corrected chi connectivity index (χ0v) is 11.1. The Kier molecular flexibility index (Phi) is 3.27. The molecule has 0 radical (unpaired) electrons. The summed E-state index contributed by atoms with van der Waals surface area (Å²) in [6, 6.07) is 5.31. The topological polar surface area (TPSA) is 60.2 Å². The minimum Gasteiger partial charge on any atom is -0.327 e. The first kappa shape index (κ1) is 12.6. The number of nitrogens with two attached hydrogens (primary N) is 1. The van der Waals surface area contributed by atoms with Crippen molar-refractivity contribution >= 4 is 9.84 Å². The maximum atomic E-state index is 12.3. The molecule has 0 aliphatic heterocycles. The molecule has 1 aliphatic rings. The van der Waals surface area contributed by atoms with Gasteiger partial charge in [-0.25, -0.2) is 8.42 Å². The molecule has 1 aromatic carbocycles. The zero-order chi connectivity index (χ0) is 12.6. The summed E-state index contributed by atoms with van der Waals surface area (Å²) >= 11 is 0. The lowest BCUT2D eigenvalue weighted by molar-refractivity contribution is 0.574. The summed E-state index contributed by atoms with van der Waals surface area (Å²) < 4.78 is 24.5. The highest BCUT2D eigenvalue weighted by Gasteiger charge is 2.32. The van der Waals surface area contributed by atoms with Crippen LogP contribution in [0, 0.1) is 19.8 Å². The third-order valence-electron chi connectivity index (χ3n) is 3.32. The fraction of sp³-hybridized carbons (Fsp3) is 0.538. The van der Waals surface area contributed by atoms with Crippen LogP contribution in [0.25, 0.3) is 0 Å². The lowest BCUT2D eigenvalue weighted by Gasteiger charge is -2.13. The molecular weight excluding hydrogens is 234 g/mol. The van der Waals surface area contributed by atoms with E-state index in [2.05, 4.69) is 0 Å². The van der Waals surface area contributed by atoms with Crippen molar-refractivity contribution in [2.45, 2.75) is 37.6 Å². The number of hydrogen-bond acceptors (Lipinski definition) is 3. The monoisotopic (exact) mass is 253 g/mol. The molecule has 0 spiro atoms. The van der Waals surface area contributed by atoms with E-state index in [4.69, 9.17) is 5.73 Å². The average molecular weight is 253 g/mol. The third kappa shape index (κ3) is 2.87. The Bertz CT molecular complexity index is 518. The van der Waals surface area contributed by atoms with Gasteiger partial charge in [0.15, 0.2) is 9.84 Å². The first-order valence-electron chi connectivity index (χ1n) is 5.96. The van der Waals surface area contributed by atoms with Crippen LogP contribution >= 0.6 is 0 Å². The molecule has 1 unspecified atom stereocenters. The summed E-state index contributed by atoms with van der Waals surface area (Å²) in [6.45, 7) is 3.73. The van der Waals surface area contributed by atoms with Crippen molar-refractivity contribution in [2.24, 2.45) is 11.7 Å². The molecule has 0 saturated heterocycles. The van der Waals surface area contributed by atoms with E-state index in [-0.39, 0.29) is 11.8 Å². The van der Waals surface area contributed by atoms with Crippen molar-refractivity contribution in [3.8, 4) is 0 Å². The Labute approximate surface area is 103 Å². The van der Waals surface area contributed by atoms with Gasteiger partial charge in [-0.2, -0.15) is 0 Å². The standard InChI is InChI=1S/C13H19NO2S/c1-9-3-4-10(2)13(7-9)17(15,16)8-12(14)11-5-6-11/h3-4,7,11-12H,5-6,8,14H2,1-2H3. The van der Waals surface area contributed by atoms with E-state index in [9.17, 15) is 8.42 Å². The Balaban J connectivity index is 2.27. The van der Waals surface area contributed by atoms with E-state index in [1.807, 2.05) is 26.0 Å². The smallest absolute Gasteiger partial charge is 0.180 e. The summed E-state index contributed by atoms with van der Waals surface area (Å²) in [5, 5.41) is 0. The van der Waals surface area contributed by atoms with Crippen LogP contribution in [0.15, 0.2) is 23.1 Å². The molecule has 0 amide bonds. The van der Waals surface area contributed by atoms with Gasteiger partial charge in [-0.15, -0.1) is 0 Å². The van der Waals surface area contributed by atoms with Crippen molar-refractivity contribution < 1.29 is 8.42 Å². The average Bonchev–Trinajstić information content (AvgIpc) is 3.04. The fourth-order valence-corrected chi connectivity index (χ4v) is 3.93. The molecule has 0 heterocycles. The minimum atomic E-state index is -3.24. The number of sulfone groups is 1. The lowest BCUT2D eigenvalue weighted by atomic mass is 10.2. The summed E-state index contributed by atoms with van der Waals surface area (Å²) in [6.07, 6.45) is 2.15. The van der Waals surface area contributed by atoms with Crippen LogP contribution in [-0.4, -0.2) is 20.2 Å². The second kappa shape index (κ2) is 4.42. The Hall–Kier alpha value is -0.870. The van der Waals surface area contributed by atoms with E-state index in [1.165, 1.54) is 0 Å². The van der Waals surface area contributed by atoms with Crippen LogP contribution in [0.4, 0.5) is 0 Å². The normalized spacial score (nSPS) is 18.1.